The molecule has 0 unspecified atom stereocenters. The van der Waals surface area contributed by atoms with E-state index < -0.39 is 0 Å². The highest BCUT2D eigenvalue weighted by atomic mass is 32.1. The maximum atomic E-state index is 5.30. The number of nitrogens with zero attached hydrogens (tertiary/aromatic N) is 2. The molecule has 0 aliphatic heterocycles. The lowest BCUT2D eigenvalue weighted by atomic mass is 9.94. The molecule has 0 radical (unpaired) electrons. The highest BCUT2D eigenvalue weighted by Gasteiger charge is 2.16. The van der Waals surface area contributed by atoms with Crippen LogP contribution in [0.1, 0.15) is 18.4 Å². The van der Waals surface area contributed by atoms with E-state index in [9.17, 15) is 0 Å². The van der Waals surface area contributed by atoms with E-state index in [1.165, 1.54) is 53.2 Å². The zero-order valence-electron chi connectivity index (χ0n) is 23.4. The molecule has 9 rings (SSSR count). The van der Waals surface area contributed by atoms with Crippen molar-refractivity contribution in [1.82, 2.24) is 9.97 Å². The molecule has 2 heterocycles. The average Bonchev–Trinajstić information content (AvgIpc) is 3.46. The Hall–Kier alpha value is -5.12. The highest BCUT2D eigenvalue weighted by Crippen LogP contribution is 2.41. The molecule has 0 fully saturated rings. The predicted molar refractivity (Wildman–Crippen MR) is 185 cm³/mol. The van der Waals surface area contributed by atoms with Crippen molar-refractivity contribution in [3.05, 3.63) is 139 Å². The number of benzene rings is 6. The Morgan fingerprint density at radius 2 is 1.19 bits per heavy atom. The third-order valence-electron chi connectivity index (χ3n) is 8.79. The zero-order valence-corrected chi connectivity index (χ0v) is 24.2. The van der Waals surface area contributed by atoms with Crippen molar-refractivity contribution in [2.24, 2.45) is 0 Å². The first-order chi connectivity index (χ1) is 21.3. The molecule has 0 atom stereocenters. The van der Waals surface area contributed by atoms with Gasteiger partial charge < -0.3 is 0 Å². The molecular weight excluding hydrogens is 541 g/mol. The van der Waals surface area contributed by atoms with Gasteiger partial charge in [0.25, 0.3) is 0 Å². The van der Waals surface area contributed by atoms with Crippen molar-refractivity contribution in [1.29, 1.82) is 0 Å². The molecular formula is C40H26N2S. The Balaban J connectivity index is 1.23. The van der Waals surface area contributed by atoms with Gasteiger partial charge >= 0.3 is 0 Å². The van der Waals surface area contributed by atoms with Crippen LogP contribution in [0.15, 0.2) is 134 Å². The molecule has 0 bridgehead atoms. The maximum Gasteiger partial charge on any atom is 0.0979 e. The van der Waals surface area contributed by atoms with Crippen LogP contribution in [-0.4, -0.2) is 9.97 Å². The molecule has 2 nitrogen and oxygen atoms in total. The molecule has 8 aromatic rings. The lowest BCUT2D eigenvalue weighted by Gasteiger charge is -2.13. The van der Waals surface area contributed by atoms with Crippen LogP contribution in [0.4, 0.5) is 0 Å². The van der Waals surface area contributed by atoms with Gasteiger partial charge in [-0.05, 0) is 70.1 Å². The first-order valence-electron chi connectivity index (χ1n) is 14.8. The molecule has 0 amide bonds. The van der Waals surface area contributed by atoms with Crippen molar-refractivity contribution in [3.8, 4) is 22.4 Å². The summed E-state index contributed by atoms with van der Waals surface area (Å²) in [5, 5.41) is 7.33. The van der Waals surface area contributed by atoms with Gasteiger partial charge in [0.15, 0.2) is 0 Å². The maximum absolute atomic E-state index is 5.30. The van der Waals surface area contributed by atoms with Gasteiger partial charge in [-0.3, -0.25) is 4.98 Å². The molecule has 202 valence electrons. The van der Waals surface area contributed by atoms with Crippen molar-refractivity contribution in [3.63, 3.8) is 0 Å². The molecule has 0 saturated carbocycles. The highest BCUT2D eigenvalue weighted by molar-refractivity contribution is 7.25. The Morgan fingerprint density at radius 3 is 1.91 bits per heavy atom. The summed E-state index contributed by atoms with van der Waals surface area (Å²) in [6, 6.07) is 39.5. The van der Waals surface area contributed by atoms with Crippen LogP contribution in [0.2, 0.25) is 0 Å². The number of fused-ring (bicyclic) bond motifs is 9. The molecule has 2 aromatic heterocycles. The second-order valence-corrected chi connectivity index (χ2v) is 12.4. The number of aromatic nitrogens is 2. The van der Waals surface area contributed by atoms with Crippen LogP contribution in [0.5, 0.6) is 0 Å². The smallest absolute Gasteiger partial charge is 0.0979 e. The second-order valence-electron chi connectivity index (χ2n) is 11.3. The van der Waals surface area contributed by atoms with Gasteiger partial charge in [0.05, 0.1) is 22.9 Å². The summed E-state index contributed by atoms with van der Waals surface area (Å²) < 4.78 is 2.64. The molecule has 3 heteroatoms. The molecule has 1 aliphatic rings. The Morgan fingerprint density at radius 1 is 0.558 bits per heavy atom. The number of hydrogen-bond acceptors (Lipinski definition) is 3. The molecule has 1 aliphatic carbocycles. The van der Waals surface area contributed by atoms with Gasteiger partial charge in [-0.1, -0.05) is 103 Å². The van der Waals surface area contributed by atoms with E-state index >= 15 is 0 Å². The number of hydrogen-bond donors (Lipinski definition) is 0. The first-order valence-corrected chi connectivity index (χ1v) is 15.6. The fourth-order valence-electron chi connectivity index (χ4n) is 6.70. The normalized spacial score (nSPS) is 13.4. The van der Waals surface area contributed by atoms with Crippen LogP contribution in [0.25, 0.3) is 80.7 Å². The van der Waals surface area contributed by atoms with Crippen LogP contribution in [0.3, 0.4) is 0 Å². The summed E-state index contributed by atoms with van der Waals surface area (Å²) in [5.41, 5.74) is 8.97. The number of rotatable bonds is 3. The Labute approximate surface area is 253 Å². The standard InChI is InChI=1S/C40H26N2S/c1-2-10-25(11-3-1)26-18-20-37-34(22-26)35-23-27(19-21-38(35)43-37)28-12-4-7-15-31(28)36-24-41-39-32-16-8-5-13-29(32)30-14-6-9-17-33(30)40(39)42-36/h1-2,4-10,12-24H,3,11H2. The van der Waals surface area contributed by atoms with E-state index in [-0.39, 0.29) is 0 Å². The van der Waals surface area contributed by atoms with Crippen molar-refractivity contribution >= 4 is 69.7 Å². The molecule has 43 heavy (non-hydrogen) atoms. The van der Waals surface area contributed by atoms with Gasteiger partial charge in [0.2, 0.25) is 0 Å². The number of allylic oxidation sites excluding steroid dienone is 4. The van der Waals surface area contributed by atoms with E-state index in [1.54, 1.807) is 0 Å². The second kappa shape index (κ2) is 9.72. The van der Waals surface area contributed by atoms with Gasteiger partial charge in [-0.2, -0.15) is 0 Å². The lowest BCUT2D eigenvalue weighted by molar-refractivity contribution is 1.05. The summed E-state index contributed by atoms with van der Waals surface area (Å²) in [5.74, 6) is 0. The largest absolute Gasteiger partial charge is 0.252 e. The summed E-state index contributed by atoms with van der Waals surface area (Å²) in [6.07, 6.45) is 10.8. The SMILES string of the molecule is C1=CCCC(c2ccc3sc4ccc(-c5ccccc5-c5cnc6c7ccccc7c7ccccc7c6n5)cc4c3c2)=C1. The molecule has 0 saturated heterocycles. The van der Waals surface area contributed by atoms with Gasteiger partial charge in [0.1, 0.15) is 0 Å². The Bertz CT molecular complexity index is 2430. The molecule has 6 aromatic carbocycles. The van der Waals surface area contributed by atoms with Crippen LogP contribution in [-0.2, 0) is 0 Å². The van der Waals surface area contributed by atoms with Gasteiger partial charge in [0, 0.05) is 36.5 Å². The van der Waals surface area contributed by atoms with E-state index in [2.05, 4.69) is 127 Å². The van der Waals surface area contributed by atoms with Crippen molar-refractivity contribution in [2.75, 3.05) is 0 Å². The Kier molecular flexibility index (Phi) is 5.53. The van der Waals surface area contributed by atoms with E-state index in [0.717, 1.165) is 45.9 Å². The first kappa shape index (κ1) is 24.5. The lowest BCUT2D eigenvalue weighted by Crippen LogP contribution is -1.93. The summed E-state index contributed by atoms with van der Waals surface area (Å²) >= 11 is 1.87. The topological polar surface area (TPSA) is 25.8 Å². The van der Waals surface area contributed by atoms with Crippen molar-refractivity contribution in [2.45, 2.75) is 12.8 Å². The van der Waals surface area contributed by atoms with Crippen LogP contribution >= 0.6 is 11.3 Å². The fraction of sp³-hybridized carbons (Fsp3) is 0.0500. The summed E-state index contributed by atoms with van der Waals surface area (Å²) in [6.45, 7) is 0. The van der Waals surface area contributed by atoms with Gasteiger partial charge in [-0.25, -0.2) is 4.98 Å². The quantitative estimate of drug-likeness (QED) is 0.199. The third kappa shape index (κ3) is 3.93. The average molecular weight is 567 g/mol. The predicted octanol–water partition coefficient (Wildman–Crippen LogP) is 11.4. The minimum atomic E-state index is 0.887. The minimum Gasteiger partial charge on any atom is -0.252 e. The van der Waals surface area contributed by atoms with Crippen molar-refractivity contribution < 1.29 is 0 Å². The molecule has 0 spiro atoms. The van der Waals surface area contributed by atoms with Crippen LogP contribution in [0, 0.1) is 0 Å². The minimum absolute atomic E-state index is 0.887. The summed E-state index contributed by atoms with van der Waals surface area (Å²) in [7, 11) is 0. The fourth-order valence-corrected chi connectivity index (χ4v) is 7.77. The molecule has 0 N–H and O–H groups in total. The van der Waals surface area contributed by atoms with Crippen LogP contribution < -0.4 is 0 Å². The van der Waals surface area contributed by atoms with E-state index in [0.29, 0.717) is 0 Å². The van der Waals surface area contributed by atoms with E-state index in [1.807, 2.05) is 17.5 Å². The van der Waals surface area contributed by atoms with Gasteiger partial charge in [-0.15, -0.1) is 11.3 Å². The summed E-state index contributed by atoms with van der Waals surface area (Å²) in [4.78, 5) is 10.3. The zero-order chi connectivity index (χ0) is 28.3. The third-order valence-corrected chi connectivity index (χ3v) is 9.95. The van der Waals surface area contributed by atoms with E-state index in [4.69, 9.17) is 9.97 Å². The number of thiophene rings is 1. The monoisotopic (exact) mass is 566 g/mol.